The van der Waals surface area contributed by atoms with Gasteiger partial charge in [-0.3, -0.25) is 4.79 Å². The third-order valence-electron chi connectivity index (χ3n) is 7.52. The Labute approximate surface area is 191 Å². The molecule has 2 fully saturated rings. The Morgan fingerprint density at radius 3 is 2.48 bits per heavy atom. The summed E-state index contributed by atoms with van der Waals surface area (Å²) in [5, 5.41) is 0.701. The fraction of sp³-hybridized carbons (Fsp3) is 0.600. The summed E-state index contributed by atoms with van der Waals surface area (Å²) in [6.45, 7) is 1.60. The molecule has 5 nitrogen and oxygen atoms in total. The maximum Gasteiger partial charge on any atom is 0.239 e. The van der Waals surface area contributed by atoms with Crippen LogP contribution < -0.4 is 5.73 Å². The maximum absolute atomic E-state index is 13.1. The van der Waals surface area contributed by atoms with Gasteiger partial charge >= 0.3 is 0 Å². The van der Waals surface area contributed by atoms with Gasteiger partial charge in [0.25, 0.3) is 0 Å². The summed E-state index contributed by atoms with van der Waals surface area (Å²) in [6.07, 6.45) is 14.4. The molecule has 2 aliphatic rings. The minimum Gasteiger partial charge on any atom is -0.341 e. The number of benzene rings is 1. The Kier molecular flexibility index (Phi) is 7.02. The molecule has 0 radical (unpaired) electrons. The maximum atomic E-state index is 13.1. The quantitative estimate of drug-likeness (QED) is 0.722. The first-order valence-corrected chi connectivity index (χ1v) is 12.1. The van der Waals surface area contributed by atoms with Gasteiger partial charge in [-0.15, -0.1) is 0 Å². The van der Waals surface area contributed by atoms with E-state index in [-0.39, 0.29) is 11.3 Å². The SMILES string of the molecule is Cn1cnc(CC2(C3CCCCC3)CCN(C(=O)C(N)Cc3ccc(Cl)cc3)CC2)c1. The lowest BCUT2D eigenvalue weighted by molar-refractivity contribution is -0.135. The number of halogens is 1. The number of amides is 1. The Morgan fingerprint density at radius 1 is 1.19 bits per heavy atom. The van der Waals surface area contributed by atoms with E-state index in [1.165, 1.54) is 37.8 Å². The van der Waals surface area contributed by atoms with Gasteiger partial charge in [0.1, 0.15) is 0 Å². The third kappa shape index (κ3) is 5.32. The summed E-state index contributed by atoms with van der Waals surface area (Å²) in [7, 11) is 2.03. The molecule has 2 aromatic rings. The molecule has 1 amide bonds. The summed E-state index contributed by atoms with van der Waals surface area (Å²) < 4.78 is 2.04. The van der Waals surface area contributed by atoms with Crippen molar-refractivity contribution in [3.8, 4) is 0 Å². The molecule has 0 spiro atoms. The second-order valence-electron chi connectivity index (χ2n) is 9.67. The molecule has 1 aromatic heterocycles. The lowest BCUT2D eigenvalue weighted by Crippen LogP contribution is -2.52. The van der Waals surface area contributed by atoms with Crippen molar-refractivity contribution in [1.29, 1.82) is 0 Å². The fourth-order valence-electron chi connectivity index (χ4n) is 5.73. The number of aryl methyl sites for hydroxylation is 1. The molecule has 31 heavy (non-hydrogen) atoms. The highest BCUT2D eigenvalue weighted by Gasteiger charge is 2.43. The number of hydrogen-bond acceptors (Lipinski definition) is 3. The molecule has 1 saturated carbocycles. The van der Waals surface area contributed by atoms with Crippen LogP contribution in [0.5, 0.6) is 0 Å². The average molecular weight is 443 g/mol. The number of aromatic nitrogens is 2. The predicted molar refractivity (Wildman–Crippen MR) is 125 cm³/mol. The molecule has 1 saturated heterocycles. The van der Waals surface area contributed by atoms with Crippen LogP contribution in [0.25, 0.3) is 0 Å². The molecule has 1 unspecified atom stereocenters. The van der Waals surface area contributed by atoms with E-state index in [1.807, 2.05) is 47.1 Å². The number of imidazole rings is 1. The van der Waals surface area contributed by atoms with E-state index in [4.69, 9.17) is 17.3 Å². The van der Waals surface area contributed by atoms with Crippen molar-refractivity contribution in [1.82, 2.24) is 14.5 Å². The highest BCUT2D eigenvalue weighted by molar-refractivity contribution is 6.30. The zero-order valence-corrected chi connectivity index (χ0v) is 19.4. The molecule has 0 bridgehead atoms. The standard InChI is InChI=1S/C25H35ClN4O/c1-29-17-22(28-18-29)16-25(20-5-3-2-4-6-20)11-13-30(14-12-25)24(31)23(27)15-19-7-9-21(26)10-8-19/h7-10,17-18,20,23H,2-6,11-16,27H2,1H3. The van der Waals surface area contributed by atoms with Gasteiger partial charge in [-0.1, -0.05) is 43.0 Å². The van der Waals surface area contributed by atoms with Crippen molar-refractivity contribution in [3.05, 3.63) is 53.1 Å². The number of hydrogen-bond donors (Lipinski definition) is 1. The van der Waals surface area contributed by atoms with Crippen molar-refractivity contribution in [2.24, 2.45) is 24.1 Å². The molecular formula is C25H35ClN4O. The van der Waals surface area contributed by atoms with Crippen LogP contribution in [0.1, 0.15) is 56.2 Å². The summed E-state index contributed by atoms with van der Waals surface area (Å²) in [5.41, 5.74) is 8.81. The van der Waals surface area contributed by atoms with E-state index in [0.29, 0.717) is 11.4 Å². The molecular weight excluding hydrogens is 408 g/mol. The molecule has 6 heteroatoms. The van der Waals surface area contributed by atoms with Crippen molar-refractivity contribution < 1.29 is 4.79 Å². The zero-order chi connectivity index (χ0) is 21.8. The topological polar surface area (TPSA) is 64.2 Å². The van der Waals surface area contributed by atoms with Crippen LogP contribution in [0.4, 0.5) is 0 Å². The van der Waals surface area contributed by atoms with Gasteiger partial charge in [0, 0.05) is 31.4 Å². The Bertz CT molecular complexity index is 864. The second-order valence-corrected chi connectivity index (χ2v) is 10.1. The van der Waals surface area contributed by atoms with Crippen LogP contribution in [-0.2, 0) is 24.7 Å². The van der Waals surface area contributed by atoms with Gasteiger partial charge < -0.3 is 15.2 Å². The smallest absolute Gasteiger partial charge is 0.239 e. The molecule has 1 aliphatic heterocycles. The molecule has 4 rings (SSSR count). The minimum atomic E-state index is -0.501. The summed E-state index contributed by atoms with van der Waals surface area (Å²) in [5.74, 6) is 0.813. The summed E-state index contributed by atoms with van der Waals surface area (Å²) in [4.78, 5) is 19.7. The summed E-state index contributed by atoms with van der Waals surface area (Å²) >= 11 is 5.97. The lowest BCUT2D eigenvalue weighted by Gasteiger charge is -2.48. The summed E-state index contributed by atoms with van der Waals surface area (Å²) in [6, 6.07) is 7.11. The van der Waals surface area contributed by atoms with Crippen molar-refractivity contribution in [2.45, 2.75) is 63.8 Å². The van der Waals surface area contributed by atoms with Crippen LogP contribution in [0.2, 0.25) is 5.02 Å². The van der Waals surface area contributed by atoms with Gasteiger partial charge in [0.05, 0.1) is 18.1 Å². The molecule has 2 N–H and O–H groups in total. The van der Waals surface area contributed by atoms with E-state index in [0.717, 1.165) is 43.8 Å². The Balaban J connectivity index is 1.41. The minimum absolute atomic E-state index is 0.0741. The first-order chi connectivity index (χ1) is 14.9. The third-order valence-corrected chi connectivity index (χ3v) is 7.77. The van der Waals surface area contributed by atoms with Gasteiger partial charge in [-0.25, -0.2) is 4.98 Å². The zero-order valence-electron chi connectivity index (χ0n) is 18.6. The Hall–Kier alpha value is -1.85. The highest BCUT2D eigenvalue weighted by atomic mass is 35.5. The predicted octanol–water partition coefficient (Wildman–Crippen LogP) is 4.38. The van der Waals surface area contributed by atoms with E-state index in [2.05, 4.69) is 11.2 Å². The lowest BCUT2D eigenvalue weighted by atomic mass is 9.61. The van der Waals surface area contributed by atoms with Gasteiger partial charge in [-0.05, 0) is 67.6 Å². The van der Waals surface area contributed by atoms with Gasteiger partial charge in [-0.2, -0.15) is 0 Å². The van der Waals surface area contributed by atoms with Crippen LogP contribution in [0, 0.1) is 11.3 Å². The van der Waals surface area contributed by atoms with Crippen molar-refractivity contribution in [2.75, 3.05) is 13.1 Å². The fourth-order valence-corrected chi connectivity index (χ4v) is 5.86. The van der Waals surface area contributed by atoms with Crippen LogP contribution in [0.3, 0.4) is 0 Å². The number of nitrogens with zero attached hydrogens (tertiary/aromatic N) is 3. The molecule has 1 atom stereocenters. The van der Waals surface area contributed by atoms with Crippen LogP contribution in [-0.4, -0.2) is 39.5 Å². The highest BCUT2D eigenvalue weighted by Crippen LogP contribution is 2.47. The Morgan fingerprint density at radius 2 is 1.87 bits per heavy atom. The normalized spacial score (nSPS) is 20.5. The van der Waals surface area contributed by atoms with Gasteiger partial charge in [0.15, 0.2) is 0 Å². The average Bonchev–Trinajstić information content (AvgIpc) is 3.20. The van der Waals surface area contributed by atoms with E-state index >= 15 is 0 Å². The van der Waals surface area contributed by atoms with E-state index in [1.54, 1.807) is 0 Å². The number of piperidine rings is 1. The van der Waals surface area contributed by atoms with Crippen molar-refractivity contribution in [3.63, 3.8) is 0 Å². The number of carbonyl (C=O) groups is 1. The first kappa shape index (κ1) is 22.3. The first-order valence-electron chi connectivity index (χ1n) is 11.7. The van der Waals surface area contributed by atoms with E-state index < -0.39 is 6.04 Å². The number of nitrogens with two attached hydrogens (primary N) is 1. The number of carbonyl (C=O) groups excluding carboxylic acids is 1. The molecule has 2 heterocycles. The monoisotopic (exact) mass is 442 g/mol. The number of rotatable bonds is 6. The number of likely N-dealkylation sites (tertiary alicyclic amines) is 1. The van der Waals surface area contributed by atoms with Crippen LogP contribution >= 0.6 is 11.6 Å². The largest absolute Gasteiger partial charge is 0.341 e. The van der Waals surface area contributed by atoms with Gasteiger partial charge in [0.2, 0.25) is 5.91 Å². The van der Waals surface area contributed by atoms with Crippen molar-refractivity contribution >= 4 is 17.5 Å². The molecule has 1 aromatic carbocycles. The molecule has 1 aliphatic carbocycles. The van der Waals surface area contributed by atoms with Crippen LogP contribution in [0.15, 0.2) is 36.8 Å². The molecule has 168 valence electrons. The van der Waals surface area contributed by atoms with E-state index in [9.17, 15) is 4.79 Å². The second kappa shape index (κ2) is 9.74.